The minimum Gasteiger partial charge on any atom is -0.495 e. The summed E-state index contributed by atoms with van der Waals surface area (Å²) in [6.45, 7) is 2.91. The Bertz CT molecular complexity index is 976. The van der Waals surface area contributed by atoms with Crippen LogP contribution in [-0.2, 0) is 6.42 Å². The van der Waals surface area contributed by atoms with Crippen molar-refractivity contribution >= 4 is 34.7 Å². The van der Waals surface area contributed by atoms with Gasteiger partial charge >= 0.3 is 0 Å². The zero-order chi connectivity index (χ0) is 18.8. The molecule has 0 bridgehead atoms. The van der Waals surface area contributed by atoms with E-state index in [2.05, 4.69) is 39.5 Å². The van der Waals surface area contributed by atoms with Crippen molar-refractivity contribution in [2.24, 2.45) is 0 Å². The lowest BCUT2D eigenvalue weighted by molar-refractivity contribution is 0.417. The van der Waals surface area contributed by atoms with Crippen LogP contribution in [0.2, 0.25) is 5.02 Å². The first-order valence-corrected chi connectivity index (χ1v) is 9.33. The van der Waals surface area contributed by atoms with Crippen molar-refractivity contribution in [3.05, 3.63) is 64.8 Å². The number of para-hydroxylation sites is 1. The zero-order valence-electron chi connectivity index (χ0n) is 15.4. The van der Waals surface area contributed by atoms with E-state index < -0.39 is 0 Å². The molecule has 1 N–H and O–H groups in total. The standard InChI is InChI=1S/C21H21ClN4O/c1-14-12-20(26-11-5-7-15-6-3-4-8-18(15)26)25-21(23-14)24-17-13-16(22)9-10-19(17)27-2/h3-4,6,8-10,12-13H,5,7,11H2,1-2H3,(H,23,24,25). The molecule has 0 radical (unpaired) electrons. The van der Waals surface area contributed by atoms with Crippen LogP contribution in [0.3, 0.4) is 0 Å². The van der Waals surface area contributed by atoms with Gasteiger partial charge in [0.05, 0.1) is 12.8 Å². The monoisotopic (exact) mass is 380 g/mol. The number of ether oxygens (including phenoxy) is 1. The second-order valence-corrected chi connectivity index (χ2v) is 6.98. The van der Waals surface area contributed by atoms with E-state index in [1.807, 2.05) is 25.1 Å². The fraction of sp³-hybridized carbons (Fsp3) is 0.238. The summed E-state index contributed by atoms with van der Waals surface area (Å²) in [6.07, 6.45) is 2.20. The first kappa shape index (κ1) is 17.6. The van der Waals surface area contributed by atoms with E-state index in [1.165, 1.54) is 11.3 Å². The Hall–Kier alpha value is -2.79. The van der Waals surface area contributed by atoms with Crippen LogP contribution in [0.4, 0.5) is 23.1 Å². The van der Waals surface area contributed by atoms with Gasteiger partial charge in [0.2, 0.25) is 5.95 Å². The number of methoxy groups -OCH3 is 1. The number of aryl methyl sites for hydroxylation is 2. The third-order valence-corrected chi connectivity index (χ3v) is 4.87. The lowest BCUT2D eigenvalue weighted by Crippen LogP contribution is -2.25. The highest BCUT2D eigenvalue weighted by molar-refractivity contribution is 6.31. The number of aromatic nitrogens is 2. The SMILES string of the molecule is COc1ccc(Cl)cc1Nc1nc(C)cc(N2CCCc3ccccc32)n1. The van der Waals surface area contributed by atoms with E-state index in [1.54, 1.807) is 13.2 Å². The van der Waals surface area contributed by atoms with E-state index in [-0.39, 0.29) is 0 Å². The highest BCUT2D eigenvalue weighted by Crippen LogP contribution is 2.34. The van der Waals surface area contributed by atoms with Gasteiger partial charge in [-0.25, -0.2) is 4.98 Å². The highest BCUT2D eigenvalue weighted by Gasteiger charge is 2.20. The Kier molecular flexibility index (Phi) is 4.86. The van der Waals surface area contributed by atoms with Gasteiger partial charge in [0.25, 0.3) is 0 Å². The van der Waals surface area contributed by atoms with Crippen molar-refractivity contribution in [2.75, 3.05) is 23.9 Å². The van der Waals surface area contributed by atoms with Crippen LogP contribution in [0.1, 0.15) is 17.7 Å². The molecule has 0 spiro atoms. The van der Waals surface area contributed by atoms with E-state index in [0.29, 0.717) is 16.7 Å². The number of hydrogen-bond donors (Lipinski definition) is 1. The van der Waals surface area contributed by atoms with Crippen LogP contribution in [-0.4, -0.2) is 23.6 Å². The lowest BCUT2D eigenvalue weighted by Gasteiger charge is -2.30. The van der Waals surface area contributed by atoms with Crippen molar-refractivity contribution in [3.8, 4) is 5.75 Å². The molecule has 2 aromatic carbocycles. The van der Waals surface area contributed by atoms with E-state index >= 15 is 0 Å². The number of rotatable bonds is 4. The third kappa shape index (κ3) is 3.69. The first-order valence-electron chi connectivity index (χ1n) is 8.96. The number of benzene rings is 2. The molecule has 1 aliphatic rings. The molecule has 138 valence electrons. The number of nitrogens with zero attached hydrogens (tertiary/aromatic N) is 3. The average Bonchev–Trinajstić information content (AvgIpc) is 2.67. The molecule has 0 saturated carbocycles. The molecule has 0 amide bonds. The molecule has 0 unspecified atom stereocenters. The van der Waals surface area contributed by atoms with E-state index in [4.69, 9.17) is 21.3 Å². The molecule has 2 heterocycles. The van der Waals surface area contributed by atoms with Gasteiger partial charge in [0, 0.05) is 29.0 Å². The molecule has 1 aromatic heterocycles. The summed E-state index contributed by atoms with van der Waals surface area (Å²) in [6, 6.07) is 15.9. The van der Waals surface area contributed by atoms with E-state index in [0.717, 1.165) is 36.6 Å². The molecule has 0 aliphatic carbocycles. The Morgan fingerprint density at radius 3 is 2.81 bits per heavy atom. The quantitative estimate of drug-likeness (QED) is 0.667. The second kappa shape index (κ2) is 7.45. The number of nitrogens with one attached hydrogen (secondary N) is 1. The summed E-state index contributed by atoms with van der Waals surface area (Å²) in [4.78, 5) is 11.6. The molecule has 0 fully saturated rings. The van der Waals surface area contributed by atoms with Crippen molar-refractivity contribution in [1.29, 1.82) is 0 Å². The minimum absolute atomic E-state index is 0.522. The van der Waals surface area contributed by atoms with Crippen molar-refractivity contribution in [1.82, 2.24) is 9.97 Å². The van der Waals surface area contributed by atoms with Crippen LogP contribution in [0.25, 0.3) is 0 Å². The summed E-state index contributed by atoms with van der Waals surface area (Å²) in [5.41, 5.74) is 4.20. The van der Waals surface area contributed by atoms with Crippen LogP contribution in [0, 0.1) is 6.92 Å². The largest absolute Gasteiger partial charge is 0.495 e. The molecule has 0 saturated heterocycles. The summed E-state index contributed by atoms with van der Waals surface area (Å²) in [5.74, 6) is 2.10. The van der Waals surface area contributed by atoms with Crippen LogP contribution in [0.15, 0.2) is 48.5 Å². The van der Waals surface area contributed by atoms with Gasteiger partial charge in [-0.3, -0.25) is 0 Å². The molecule has 3 aromatic rings. The predicted octanol–water partition coefficient (Wildman–Crippen LogP) is 5.27. The summed E-state index contributed by atoms with van der Waals surface area (Å²) in [5, 5.41) is 3.87. The molecule has 27 heavy (non-hydrogen) atoms. The van der Waals surface area contributed by atoms with Crippen molar-refractivity contribution in [3.63, 3.8) is 0 Å². The number of hydrogen-bond acceptors (Lipinski definition) is 5. The van der Waals surface area contributed by atoms with Crippen molar-refractivity contribution < 1.29 is 4.74 Å². The Morgan fingerprint density at radius 1 is 1.11 bits per heavy atom. The summed E-state index contributed by atoms with van der Waals surface area (Å²) >= 11 is 6.14. The van der Waals surface area contributed by atoms with Crippen molar-refractivity contribution in [2.45, 2.75) is 19.8 Å². The number of anilines is 4. The Labute approximate surface area is 164 Å². The van der Waals surface area contributed by atoms with Gasteiger partial charge in [0.1, 0.15) is 11.6 Å². The number of fused-ring (bicyclic) bond motifs is 1. The summed E-state index contributed by atoms with van der Waals surface area (Å²) in [7, 11) is 1.63. The summed E-state index contributed by atoms with van der Waals surface area (Å²) < 4.78 is 5.41. The van der Waals surface area contributed by atoms with Crippen LogP contribution < -0.4 is 15.0 Å². The molecule has 0 atom stereocenters. The maximum atomic E-state index is 6.14. The normalized spacial score (nSPS) is 13.2. The second-order valence-electron chi connectivity index (χ2n) is 6.54. The molecular formula is C21H21ClN4O. The fourth-order valence-corrected chi connectivity index (χ4v) is 3.59. The molecular weight excluding hydrogens is 360 g/mol. The predicted molar refractivity (Wildman–Crippen MR) is 110 cm³/mol. The van der Waals surface area contributed by atoms with Gasteiger partial charge in [0.15, 0.2) is 0 Å². The van der Waals surface area contributed by atoms with Gasteiger partial charge in [-0.05, 0) is 49.6 Å². The lowest BCUT2D eigenvalue weighted by atomic mass is 10.0. The zero-order valence-corrected chi connectivity index (χ0v) is 16.1. The Morgan fingerprint density at radius 2 is 1.96 bits per heavy atom. The third-order valence-electron chi connectivity index (χ3n) is 4.64. The topological polar surface area (TPSA) is 50.3 Å². The smallest absolute Gasteiger partial charge is 0.229 e. The number of halogens is 1. The van der Waals surface area contributed by atoms with Gasteiger partial charge in [-0.1, -0.05) is 29.8 Å². The highest BCUT2D eigenvalue weighted by atomic mass is 35.5. The Balaban J connectivity index is 1.70. The van der Waals surface area contributed by atoms with Gasteiger partial charge < -0.3 is 15.0 Å². The maximum Gasteiger partial charge on any atom is 0.229 e. The van der Waals surface area contributed by atoms with Crippen LogP contribution >= 0.6 is 11.6 Å². The molecule has 1 aliphatic heterocycles. The average molecular weight is 381 g/mol. The maximum absolute atomic E-state index is 6.14. The first-order chi connectivity index (χ1) is 13.1. The molecule has 4 rings (SSSR count). The molecule has 6 heteroatoms. The fourth-order valence-electron chi connectivity index (χ4n) is 3.42. The minimum atomic E-state index is 0.522. The van der Waals surface area contributed by atoms with Gasteiger partial charge in [-0.15, -0.1) is 0 Å². The van der Waals surface area contributed by atoms with Gasteiger partial charge in [-0.2, -0.15) is 4.98 Å². The van der Waals surface area contributed by atoms with E-state index in [9.17, 15) is 0 Å². The van der Waals surface area contributed by atoms with Crippen LogP contribution in [0.5, 0.6) is 5.75 Å². The molecule has 5 nitrogen and oxygen atoms in total.